The molecule has 0 saturated carbocycles. The van der Waals surface area contributed by atoms with Gasteiger partial charge in [-0.2, -0.15) is 0 Å². The highest BCUT2D eigenvalue weighted by Crippen LogP contribution is 2.24. The van der Waals surface area contributed by atoms with Crippen LogP contribution in [0.2, 0.25) is 0 Å². The number of hydrogen-bond acceptors (Lipinski definition) is 1. The fourth-order valence-corrected chi connectivity index (χ4v) is 1.84. The average molecular weight is 241 g/mol. The first-order valence-corrected chi connectivity index (χ1v) is 5.22. The fourth-order valence-electron chi connectivity index (χ4n) is 1.24. The lowest BCUT2D eigenvalue weighted by Gasteiger charge is -2.08. The molecule has 0 fully saturated rings. The molecule has 0 aromatic heterocycles. The SMILES string of the molecule is CCc1ccc(Br)c(C(C)C=O)c1. The number of aldehydes is 1. The molecule has 0 spiro atoms. The second kappa shape index (κ2) is 4.56. The van der Waals surface area contributed by atoms with E-state index >= 15 is 0 Å². The molecule has 0 aliphatic carbocycles. The van der Waals surface area contributed by atoms with Gasteiger partial charge in [0.1, 0.15) is 6.29 Å². The largest absolute Gasteiger partial charge is 0.303 e. The third-order valence-electron chi connectivity index (χ3n) is 2.16. The van der Waals surface area contributed by atoms with Crippen LogP contribution in [0.5, 0.6) is 0 Å². The molecule has 13 heavy (non-hydrogen) atoms. The lowest BCUT2D eigenvalue weighted by Crippen LogP contribution is -1.96. The summed E-state index contributed by atoms with van der Waals surface area (Å²) in [5, 5.41) is 0. The van der Waals surface area contributed by atoms with Crippen molar-refractivity contribution in [1.82, 2.24) is 0 Å². The van der Waals surface area contributed by atoms with Crippen LogP contribution in [0.4, 0.5) is 0 Å². The van der Waals surface area contributed by atoms with Crippen molar-refractivity contribution in [1.29, 1.82) is 0 Å². The number of rotatable bonds is 3. The van der Waals surface area contributed by atoms with Gasteiger partial charge < -0.3 is 4.79 Å². The average Bonchev–Trinajstić information content (AvgIpc) is 2.17. The Morgan fingerprint density at radius 2 is 2.23 bits per heavy atom. The first-order chi connectivity index (χ1) is 6.19. The molecule has 0 saturated heterocycles. The highest BCUT2D eigenvalue weighted by Gasteiger charge is 2.08. The summed E-state index contributed by atoms with van der Waals surface area (Å²) in [5.41, 5.74) is 2.35. The van der Waals surface area contributed by atoms with E-state index < -0.39 is 0 Å². The summed E-state index contributed by atoms with van der Waals surface area (Å²) >= 11 is 3.44. The molecule has 1 nitrogen and oxygen atoms in total. The number of benzene rings is 1. The summed E-state index contributed by atoms with van der Waals surface area (Å²) in [6, 6.07) is 6.17. The topological polar surface area (TPSA) is 17.1 Å². The van der Waals surface area contributed by atoms with Gasteiger partial charge in [0.2, 0.25) is 0 Å². The fraction of sp³-hybridized carbons (Fsp3) is 0.364. The number of hydrogen-bond donors (Lipinski definition) is 0. The standard InChI is InChI=1S/C11H13BrO/c1-3-9-4-5-11(12)10(6-9)8(2)7-13/h4-8H,3H2,1-2H3. The van der Waals surface area contributed by atoms with Crippen LogP contribution >= 0.6 is 15.9 Å². The summed E-state index contributed by atoms with van der Waals surface area (Å²) < 4.78 is 1.02. The Balaban J connectivity index is 3.10. The van der Waals surface area contributed by atoms with Crippen molar-refractivity contribution in [3.05, 3.63) is 33.8 Å². The zero-order valence-corrected chi connectivity index (χ0v) is 9.47. The highest BCUT2D eigenvalue weighted by molar-refractivity contribution is 9.10. The van der Waals surface area contributed by atoms with Gasteiger partial charge in [-0.15, -0.1) is 0 Å². The van der Waals surface area contributed by atoms with Crippen molar-refractivity contribution in [3.8, 4) is 0 Å². The van der Waals surface area contributed by atoms with Crippen molar-refractivity contribution < 1.29 is 4.79 Å². The van der Waals surface area contributed by atoms with E-state index in [2.05, 4.69) is 35.0 Å². The van der Waals surface area contributed by atoms with Gasteiger partial charge in [0, 0.05) is 10.4 Å². The minimum Gasteiger partial charge on any atom is -0.303 e. The van der Waals surface area contributed by atoms with E-state index in [1.165, 1.54) is 5.56 Å². The molecule has 0 heterocycles. The predicted molar refractivity (Wildman–Crippen MR) is 58.0 cm³/mol. The van der Waals surface area contributed by atoms with Gasteiger partial charge in [0.15, 0.2) is 0 Å². The van der Waals surface area contributed by atoms with Gasteiger partial charge >= 0.3 is 0 Å². The van der Waals surface area contributed by atoms with Gasteiger partial charge in [0.05, 0.1) is 0 Å². The van der Waals surface area contributed by atoms with Gasteiger partial charge in [0.25, 0.3) is 0 Å². The molecule has 2 heteroatoms. The summed E-state index contributed by atoms with van der Waals surface area (Å²) in [6.07, 6.45) is 1.98. The lowest BCUT2D eigenvalue weighted by atomic mass is 10.00. The summed E-state index contributed by atoms with van der Waals surface area (Å²) in [4.78, 5) is 10.6. The Kier molecular flexibility index (Phi) is 3.67. The van der Waals surface area contributed by atoms with E-state index in [9.17, 15) is 4.79 Å². The van der Waals surface area contributed by atoms with Crippen molar-refractivity contribution >= 4 is 22.2 Å². The number of aryl methyl sites for hydroxylation is 1. The number of carbonyl (C=O) groups is 1. The van der Waals surface area contributed by atoms with Crippen LogP contribution in [0, 0.1) is 0 Å². The second-order valence-electron chi connectivity index (χ2n) is 3.13. The maximum atomic E-state index is 10.6. The minimum atomic E-state index is -0.0270. The quantitative estimate of drug-likeness (QED) is 0.742. The maximum absolute atomic E-state index is 10.6. The zero-order valence-electron chi connectivity index (χ0n) is 7.88. The first kappa shape index (κ1) is 10.5. The van der Waals surface area contributed by atoms with E-state index in [1.54, 1.807) is 0 Å². The van der Waals surface area contributed by atoms with E-state index in [1.807, 2.05) is 13.0 Å². The second-order valence-corrected chi connectivity index (χ2v) is 3.99. The van der Waals surface area contributed by atoms with Crippen LogP contribution in [0.25, 0.3) is 0 Å². The van der Waals surface area contributed by atoms with Gasteiger partial charge in [-0.1, -0.05) is 41.9 Å². The summed E-state index contributed by atoms with van der Waals surface area (Å²) in [5.74, 6) is -0.0270. The summed E-state index contributed by atoms with van der Waals surface area (Å²) in [6.45, 7) is 4.02. The monoisotopic (exact) mass is 240 g/mol. The molecule has 1 aromatic carbocycles. The molecule has 1 rings (SSSR count). The number of halogens is 1. The lowest BCUT2D eigenvalue weighted by molar-refractivity contribution is -0.108. The van der Waals surface area contributed by atoms with Crippen molar-refractivity contribution in [2.75, 3.05) is 0 Å². The van der Waals surface area contributed by atoms with Gasteiger partial charge in [-0.25, -0.2) is 0 Å². The Hall–Kier alpha value is -0.630. The predicted octanol–water partition coefficient (Wildman–Crippen LogP) is 3.31. The van der Waals surface area contributed by atoms with Crippen molar-refractivity contribution in [2.45, 2.75) is 26.2 Å². The maximum Gasteiger partial charge on any atom is 0.127 e. The van der Waals surface area contributed by atoms with Crippen molar-refractivity contribution in [2.24, 2.45) is 0 Å². The Labute approximate surface area is 87.3 Å². The molecule has 0 aliphatic heterocycles. The molecular formula is C11H13BrO. The van der Waals surface area contributed by atoms with E-state index in [4.69, 9.17) is 0 Å². The number of carbonyl (C=O) groups excluding carboxylic acids is 1. The van der Waals surface area contributed by atoms with Crippen LogP contribution in [0.1, 0.15) is 30.9 Å². The van der Waals surface area contributed by atoms with Crippen molar-refractivity contribution in [3.63, 3.8) is 0 Å². The molecule has 1 unspecified atom stereocenters. The Bertz CT molecular complexity index is 307. The smallest absolute Gasteiger partial charge is 0.127 e. The van der Waals surface area contributed by atoms with Gasteiger partial charge in [-0.05, 0) is 23.6 Å². The van der Waals surface area contributed by atoms with Crippen LogP contribution in [0.15, 0.2) is 22.7 Å². The Morgan fingerprint density at radius 1 is 1.54 bits per heavy atom. The van der Waals surface area contributed by atoms with Gasteiger partial charge in [-0.3, -0.25) is 0 Å². The highest BCUT2D eigenvalue weighted by atomic mass is 79.9. The molecule has 0 amide bonds. The minimum absolute atomic E-state index is 0.0270. The molecular weight excluding hydrogens is 228 g/mol. The molecule has 1 aromatic rings. The molecule has 0 radical (unpaired) electrons. The van der Waals surface area contributed by atoms with Crippen LogP contribution in [-0.4, -0.2) is 6.29 Å². The molecule has 1 atom stereocenters. The third-order valence-corrected chi connectivity index (χ3v) is 2.89. The molecule has 0 N–H and O–H groups in total. The summed E-state index contributed by atoms with van der Waals surface area (Å²) in [7, 11) is 0. The van der Waals surface area contributed by atoms with E-state index in [0.717, 1.165) is 22.7 Å². The molecule has 0 aliphatic rings. The normalized spacial score (nSPS) is 12.5. The molecule has 0 bridgehead atoms. The first-order valence-electron chi connectivity index (χ1n) is 4.42. The van der Waals surface area contributed by atoms with Crippen LogP contribution < -0.4 is 0 Å². The Morgan fingerprint density at radius 3 is 2.77 bits per heavy atom. The molecule has 70 valence electrons. The van der Waals surface area contributed by atoms with E-state index in [0.29, 0.717) is 0 Å². The zero-order chi connectivity index (χ0) is 9.84. The van der Waals surface area contributed by atoms with Crippen LogP contribution in [0.3, 0.4) is 0 Å². The third kappa shape index (κ3) is 2.41. The van der Waals surface area contributed by atoms with E-state index in [-0.39, 0.29) is 5.92 Å². The van der Waals surface area contributed by atoms with Crippen LogP contribution in [-0.2, 0) is 11.2 Å².